The van der Waals surface area contributed by atoms with E-state index in [1.807, 2.05) is 41.0 Å². The molecule has 0 bridgehead atoms. The molecule has 1 unspecified atom stereocenters. The summed E-state index contributed by atoms with van der Waals surface area (Å²) in [5, 5.41) is 19.7. The van der Waals surface area contributed by atoms with Gasteiger partial charge in [-0.05, 0) is 41.7 Å². The van der Waals surface area contributed by atoms with Gasteiger partial charge in [0.15, 0.2) is 0 Å². The van der Waals surface area contributed by atoms with Crippen LogP contribution in [-0.2, 0) is 18.4 Å². The third-order valence-electron chi connectivity index (χ3n) is 4.85. The van der Waals surface area contributed by atoms with Crippen molar-refractivity contribution < 1.29 is 14.9 Å². The fraction of sp³-hybridized carbons (Fsp3) is 0.435. The summed E-state index contributed by atoms with van der Waals surface area (Å²) >= 11 is 0. The van der Waals surface area contributed by atoms with Crippen LogP contribution in [0.2, 0.25) is 0 Å². The Morgan fingerprint density at radius 2 is 1.79 bits per heavy atom. The number of benzene rings is 2. The zero-order valence-corrected chi connectivity index (χ0v) is 16.9. The molecule has 2 N–H and O–H groups in total. The van der Waals surface area contributed by atoms with E-state index in [2.05, 4.69) is 37.9 Å². The van der Waals surface area contributed by atoms with Crippen LogP contribution >= 0.6 is 0 Å². The molecule has 1 heterocycles. The Bertz CT molecular complexity index is 894. The van der Waals surface area contributed by atoms with Crippen LogP contribution in [0.4, 0.5) is 0 Å². The molecule has 2 aromatic carbocycles. The number of imidazole rings is 1. The van der Waals surface area contributed by atoms with Gasteiger partial charge in [-0.15, -0.1) is 0 Å². The van der Waals surface area contributed by atoms with Crippen LogP contribution in [0, 0.1) is 0 Å². The predicted octanol–water partition coefficient (Wildman–Crippen LogP) is 3.70. The van der Waals surface area contributed by atoms with E-state index >= 15 is 0 Å². The number of aliphatic hydroxyl groups excluding tert-OH is 2. The maximum absolute atomic E-state index is 10.6. The summed E-state index contributed by atoms with van der Waals surface area (Å²) in [6, 6.07) is 15.9. The molecule has 0 saturated carbocycles. The molecule has 3 aromatic rings. The highest BCUT2D eigenvalue weighted by molar-refractivity contribution is 5.75. The second-order valence-electron chi connectivity index (χ2n) is 8.19. The van der Waals surface area contributed by atoms with Gasteiger partial charge in [0.05, 0.1) is 17.6 Å². The lowest BCUT2D eigenvalue weighted by atomic mass is 9.87. The number of fused-ring (bicyclic) bond motifs is 1. The molecule has 1 aromatic heterocycles. The summed E-state index contributed by atoms with van der Waals surface area (Å²) in [5.41, 5.74) is 3.25. The highest BCUT2D eigenvalue weighted by Gasteiger charge is 2.16. The van der Waals surface area contributed by atoms with Gasteiger partial charge in [-0.2, -0.15) is 0 Å². The molecule has 0 fully saturated rings. The molecule has 0 aliphatic carbocycles. The molecule has 0 saturated heterocycles. The van der Waals surface area contributed by atoms with Crippen molar-refractivity contribution in [2.75, 3.05) is 13.2 Å². The van der Waals surface area contributed by atoms with Gasteiger partial charge >= 0.3 is 0 Å². The Hall–Kier alpha value is -2.37. The number of para-hydroxylation sites is 2. The van der Waals surface area contributed by atoms with Crippen molar-refractivity contribution >= 4 is 11.0 Å². The lowest BCUT2D eigenvalue weighted by Gasteiger charge is -2.20. The molecule has 1 atom stereocenters. The SMILES string of the molecule is CC(C)(C)c1ccc(OCC(O)Cn2c(CCCO)nc3ccccc32)cc1. The van der Waals surface area contributed by atoms with Crippen molar-refractivity contribution in [3.05, 3.63) is 59.9 Å². The Morgan fingerprint density at radius 3 is 2.46 bits per heavy atom. The smallest absolute Gasteiger partial charge is 0.119 e. The Labute approximate surface area is 166 Å². The Morgan fingerprint density at radius 1 is 1.07 bits per heavy atom. The quantitative estimate of drug-likeness (QED) is 0.623. The number of aromatic nitrogens is 2. The van der Waals surface area contributed by atoms with E-state index in [4.69, 9.17) is 9.84 Å². The van der Waals surface area contributed by atoms with Crippen LogP contribution in [0.3, 0.4) is 0 Å². The molecule has 150 valence electrons. The molecule has 5 nitrogen and oxygen atoms in total. The number of nitrogens with zero attached hydrogens (tertiary/aromatic N) is 2. The van der Waals surface area contributed by atoms with Gasteiger partial charge in [0.2, 0.25) is 0 Å². The first-order valence-electron chi connectivity index (χ1n) is 9.85. The minimum Gasteiger partial charge on any atom is -0.491 e. The molecular weight excluding hydrogens is 352 g/mol. The van der Waals surface area contributed by atoms with Crippen LogP contribution in [-0.4, -0.2) is 39.1 Å². The number of aryl methyl sites for hydroxylation is 1. The highest BCUT2D eigenvalue weighted by Crippen LogP contribution is 2.24. The van der Waals surface area contributed by atoms with Crippen molar-refractivity contribution in [1.82, 2.24) is 9.55 Å². The Balaban J connectivity index is 1.67. The largest absolute Gasteiger partial charge is 0.491 e. The number of hydrogen-bond acceptors (Lipinski definition) is 4. The summed E-state index contributed by atoms with van der Waals surface area (Å²) in [6.07, 6.45) is 0.663. The summed E-state index contributed by atoms with van der Waals surface area (Å²) in [7, 11) is 0. The molecule has 0 amide bonds. The minimum atomic E-state index is -0.659. The summed E-state index contributed by atoms with van der Waals surface area (Å²) in [6.45, 7) is 7.27. The molecule has 0 aliphatic rings. The van der Waals surface area contributed by atoms with Crippen LogP contribution < -0.4 is 4.74 Å². The van der Waals surface area contributed by atoms with Crippen molar-refractivity contribution in [1.29, 1.82) is 0 Å². The normalized spacial score (nSPS) is 13.0. The van der Waals surface area contributed by atoms with Crippen LogP contribution in [0.5, 0.6) is 5.75 Å². The predicted molar refractivity (Wildman–Crippen MR) is 112 cm³/mol. The lowest BCUT2D eigenvalue weighted by Crippen LogP contribution is -2.24. The standard InChI is InChI=1S/C23H30N2O3/c1-23(2,3)17-10-12-19(13-11-17)28-16-18(27)15-25-21-8-5-4-7-20(21)24-22(25)9-6-14-26/h4-5,7-8,10-13,18,26-27H,6,9,14-16H2,1-3H3. The molecule has 28 heavy (non-hydrogen) atoms. The van der Waals surface area contributed by atoms with E-state index in [9.17, 15) is 5.11 Å². The monoisotopic (exact) mass is 382 g/mol. The van der Waals surface area contributed by atoms with Crippen molar-refractivity contribution in [3.8, 4) is 5.75 Å². The van der Waals surface area contributed by atoms with Gasteiger partial charge in [-0.25, -0.2) is 4.98 Å². The van der Waals surface area contributed by atoms with Crippen molar-refractivity contribution in [2.24, 2.45) is 0 Å². The van der Waals surface area contributed by atoms with Gasteiger partial charge in [0.1, 0.15) is 24.3 Å². The fourth-order valence-corrected chi connectivity index (χ4v) is 3.26. The van der Waals surface area contributed by atoms with E-state index in [0.717, 1.165) is 22.6 Å². The number of aliphatic hydroxyl groups is 2. The first kappa shape index (κ1) is 20.4. The molecule has 0 radical (unpaired) electrons. The maximum Gasteiger partial charge on any atom is 0.119 e. The van der Waals surface area contributed by atoms with Gasteiger partial charge in [-0.1, -0.05) is 45.0 Å². The fourth-order valence-electron chi connectivity index (χ4n) is 3.26. The van der Waals surface area contributed by atoms with Crippen molar-refractivity contribution in [2.45, 2.75) is 51.7 Å². The first-order chi connectivity index (χ1) is 13.4. The zero-order valence-electron chi connectivity index (χ0n) is 16.9. The van der Waals surface area contributed by atoms with Crippen LogP contribution in [0.25, 0.3) is 11.0 Å². The number of ether oxygens (including phenoxy) is 1. The van der Waals surface area contributed by atoms with Crippen LogP contribution in [0.15, 0.2) is 48.5 Å². The van der Waals surface area contributed by atoms with E-state index in [-0.39, 0.29) is 18.6 Å². The third kappa shape index (κ3) is 4.91. The third-order valence-corrected chi connectivity index (χ3v) is 4.85. The van der Waals surface area contributed by atoms with Gasteiger partial charge in [-0.3, -0.25) is 0 Å². The Kier molecular flexibility index (Phi) is 6.37. The topological polar surface area (TPSA) is 67.5 Å². The summed E-state index contributed by atoms with van der Waals surface area (Å²) < 4.78 is 7.82. The number of hydrogen-bond donors (Lipinski definition) is 2. The summed E-state index contributed by atoms with van der Waals surface area (Å²) in [5.74, 6) is 1.63. The van der Waals surface area contributed by atoms with Gasteiger partial charge in [0, 0.05) is 13.0 Å². The maximum atomic E-state index is 10.6. The van der Waals surface area contributed by atoms with Crippen LogP contribution in [0.1, 0.15) is 38.6 Å². The zero-order chi connectivity index (χ0) is 20.1. The number of rotatable bonds is 8. The molecule has 5 heteroatoms. The van der Waals surface area contributed by atoms with Gasteiger partial charge < -0.3 is 19.5 Å². The molecule has 0 aliphatic heterocycles. The van der Waals surface area contributed by atoms with E-state index in [1.165, 1.54) is 5.56 Å². The second-order valence-corrected chi connectivity index (χ2v) is 8.19. The van der Waals surface area contributed by atoms with Gasteiger partial charge in [0.25, 0.3) is 0 Å². The first-order valence-corrected chi connectivity index (χ1v) is 9.85. The van der Waals surface area contributed by atoms with E-state index in [0.29, 0.717) is 19.4 Å². The van der Waals surface area contributed by atoms with E-state index in [1.54, 1.807) is 0 Å². The molecule has 3 rings (SSSR count). The average Bonchev–Trinajstić information content (AvgIpc) is 3.02. The average molecular weight is 383 g/mol. The minimum absolute atomic E-state index is 0.103. The van der Waals surface area contributed by atoms with Crippen molar-refractivity contribution in [3.63, 3.8) is 0 Å². The van der Waals surface area contributed by atoms with E-state index < -0.39 is 6.10 Å². The summed E-state index contributed by atoms with van der Waals surface area (Å²) in [4.78, 5) is 4.65. The highest BCUT2D eigenvalue weighted by atomic mass is 16.5. The second kappa shape index (κ2) is 8.76. The molecular formula is C23H30N2O3. The lowest BCUT2D eigenvalue weighted by molar-refractivity contribution is 0.0926. The molecule has 0 spiro atoms.